The summed E-state index contributed by atoms with van der Waals surface area (Å²) in [4.78, 5) is 0. The van der Waals surface area contributed by atoms with Crippen molar-refractivity contribution in [1.82, 2.24) is 9.13 Å². The predicted octanol–water partition coefficient (Wildman–Crippen LogP) is 13.9. The largest absolute Gasteiger partial charge is 0.309 e. The molecule has 10 aromatic rings. The summed E-state index contributed by atoms with van der Waals surface area (Å²) >= 11 is 0. The highest BCUT2D eigenvalue weighted by Crippen LogP contribution is 2.47. The molecule has 3 heterocycles. The first kappa shape index (κ1) is 29.7. The van der Waals surface area contributed by atoms with Gasteiger partial charge in [0.15, 0.2) is 0 Å². The molecule has 54 heavy (non-hydrogen) atoms. The average molecular weight is 687 g/mol. The molecule has 1 unspecified atom stereocenters. The molecular weight excluding hydrogens is 653 g/mol. The van der Waals surface area contributed by atoms with Crippen LogP contribution in [0.25, 0.3) is 99.1 Å². The molecule has 8 aromatic carbocycles. The maximum Gasteiger partial charge on any atom is 0.0619 e. The van der Waals surface area contributed by atoms with E-state index in [0.717, 1.165) is 6.42 Å². The maximum atomic E-state index is 2.49. The van der Waals surface area contributed by atoms with Gasteiger partial charge in [0.1, 0.15) is 0 Å². The van der Waals surface area contributed by atoms with Crippen LogP contribution >= 0.6 is 0 Å². The van der Waals surface area contributed by atoms with Gasteiger partial charge in [0.25, 0.3) is 0 Å². The second-order valence-electron chi connectivity index (χ2n) is 14.8. The van der Waals surface area contributed by atoms with Crippen LogP contribution < -0.4 is 0 Å². The van der Waals surface area contributed by atoms with Crippen molar-refractivity contribution in [3.63, 3.8) is 0 Å². The van der Waals surface area contributed by atoms with E-state index in [0.29, 0.717) is 5.92 Å². The van der Waals surface area contributed by atoms with E-state index in [9.17, 15) is 0 Å². The minimum Gasteiger partial charge on any atom is -0.309 e. The normalized spacial score (nSPS) is 14.6. The quantitative estimate of drug-likeness (QED) is 0.175. The Morgan fingerprint density at radius 3 is 1.80 bits per heavy atom. The van der Waals surface area contributed by atoms with Gasteiger partial charge in [-0.3, -0.25) is 0 Å². The van der Waals surface area contributed by atoms with Gasteiger partial charge in [0.05, 0.1) is 33.4 Å². The van der Waals surface area contributed by atoms with Crippen LogP contribution in [0.4, 0.5) is 0 Å². The van der Waals surface area contributed by atoms with Crippen molar-refractivity contribution < 1.29 is 0 Å². The first-order valence-electron chi connectivity index (χ1n) is 19.0. The Balaban J connectivity index is 1.06. The topological polar surface area (TPSA) is 9.86 Å². The third-order valence-corrected chi connectivity index (χ3v) is 12.0. The van der Waals surface area contributed by atoms with E-state index in [1.165, 1.54) is 105 Å². The molecule has 12 rings (SSSR count). The summed E-state index contributed by atoms with van der Waals surface area (Å²) in [6.07, 6.45) is 9.99. The summed E-state index contributed by atoms with van der Waals surface area (Å²) < 4.78 is 4.97. The fourth-order valence-electron chi connectivity index (χ4n) is 9.61. The van der Waals surface area contributed by atoms with Crippen LogP contribution in [0.15, 0.2) is 188 Å². The molecule has 0 amide bonds. The zero-order valence-corrected chi connectivity index (χ0v) is 29.6. The molecule has 0 N–H and O–H groups in total. The molecule has 1 atom stereocenters. The zero-order valence-electron chi connectivity index (χ0n) is 29.6. The first-order chi connectivity index (χ1) is 26.8. The summed E-state index contributed by atoms with van der Waals surface area (Å²) in [5.41, 5.74) is 16.3. The van der Waals surface area contributed by atoms with Gasteiger partial charge in [-0.05, 0) is 82.1 Å². The molecule has 0 saturated heterocycles. The number of benzene rings is 8. The molecule has 2 aliphatic rings. The number of para-hydroxylation sites is 3. The first-order valence-corrected chi connectivity index (χ1v) is 19.0. The lowest BCUT2D eigenvalue weighted by atomic mass is 9.88. The molecule has 1 aliphatic heterocycles. The molecule has 0 saturated carbocycles. The van der Waals surface area contributed by atoms with Crippen LogP contribution in [0.3, 0.4) is 0 Å². The number of fused-ring (bicyclic) bond motifs is 12. The number of hydrogen-bond donors (Lipinski definition) is 0. The van der Waals surface area contributed by atoms with Crippen molar-refractivity contribution in [2.75, 3.05) is 0 Å². The van der Waals surface area contributed by atoms with Gasteiger partial charge in [-0.15, -0.1) is 0 Å². The lowest BCUT2D eigenvalue weighted by molar-refractivity contribution is 0.861. The van der Waals surface area contributed by atoms with Crippen LogP contribution in [0, 0.1) is 0 Å². The Bertz CT molecular complexity index is 3260. The highest BCUT2D eigenvalue weighted by atomic mass is 15.0. The van der Waals surface area contributed by atoms with Gasteiger partial charge in [-0.2, -0.15) is 0 Å². The standard InChI is InChI=1S/C52H34N2/c1-2-13-33(14-3-1)36-27-30-49(40-18-7-6-15-37(36)40)53-47-23-10-9-20-42(47)45-31-34(25-28-50(45)53)35-26-29-51-46(32-35)44-22-12-21-43-39-17-5-4-16-38(39)41-19-8-11-24-48(41)54(51)52(43)44/h1-13,15-33H,14H2. The molecular formula is C52H34N2. The second kappa shape index (κ2) is 11.3. The SMILES string of the molecule is C1=CCC(c2ccc(-n3c4ccccc4c4cc(-c5ccc6c(c5)c5cccc7c5n6-c5ccccc5-c5ccccc5-7)ccc43)c3ccccc23)C=C1. The lowest BCUT2D eigenvalue weighted by Gasteiger charge is -2.19. The minimum atomic E-state index is 0.390. The number of nitrogens with zero attached hydrogens (tertiary/aromatic N) is 2. The Morgan fingerprint density at radius 2 is 1.00 bits per heavy atom. The van der Waals surface area contributed by atoms with Crippen molar-refractivity contribution >= 4 is 54.4 Å². The fourth-order valence-corrected chi connectivity index (χ4v) is 9.61. The molecule has 0 bridgehead atoms. The molecule has 0 fully saturated rings. The predicted molar refractivity (Wildman–Crippen MR) is 228 cm³/mol. The van der Waals surface area contributed by atoms with Gasteiger partial charge in [-0.25, -0.2) is 0 Å². The van der Waals surface area contributed by atoms with E-state index in [1.807, 2.05) is 0 Å². The summed E-state index contributed by atoms with van der Waals surface area (Å²) in [7, 11) is 0. The monoisotopic (exact) mass is 686 g/mol. The summed E-state index contributed by atoms with van der Waals surface area (Å²) in [6.45, 7) is 0. The van der Waals surface area contributed by atoms with Crippen molar-refractivity contribution in [3.8, 4) is 44.8 Å². The van der Waals surface area contributed by atoms with Crippen molar-refractivity contribution in [1.29, 1.82) is 0 Å². The highest BCUT2D eigenvalue weighted by molar-refractivity contribution is 6.17. The molecule has 1 aliphatic carbocycles. The summed E-state index contributed by atoms with van der Waals surface area (Å²) in [5.74, 6) is 0.390. The maximum absolute atomic E-state index is 2.49. The van der Waals surface area contributed by atoms with E-state index in [1.54, 1.807) is 0 Å². The van der Waals surface area contributed by atoms with E-state index in [4.69, 9.17) is 0 Å². The van der Waals surface area contributed by atoms with Gasteiger partial charge in [0, 0.05) is 44.0 Å². The lowest BCUT2D eigenvalue weighted by Crippen LogP contribution is -2.01. The van der Waals surface area contributed by atoms with E-state index in [-0.39, 0.29) is 0 Å². The Morgan fingerprint density at radius 1 is 0.389 bits per heavy atom. The molecule has 2 nitrogen and oxygen atoms in total. The number of allylic oxidation sites excluding steroid dienone is 4. The van der Waals surface area contributed by atoms with Crippen LogP contribution in [0.5, 0.6) is 0 Å². The van der Waals surface area contributed by atoms with Crippen molar-refractivity contribution in [2.24, 2.45) is 0 Å². The van der Waals surface area contributed by atoms with Gasteiger partial charge in [0.2, 0.25) is 0 Å². The third kappa shape index (κ3) is 4.11. The molecule has 252 valence electrons. The number of aromatic nitrogens is 2. The summed E-state index contributed by atoms with van der Waals surface area (Å²) in [5, 5.41) is 7.69. The molecule has 0 spiro atoms. The van der Waals surface area contributed by atoms with Gasteiger partial charge >= 0.3 is 0 Å². The zero-order chi connectivity index (χ0) is 35.3. The molecule has 0 radical (unpaired) electrons. The second-order valence-corrected chi connectivity index (χ2v) is 14.8. The Labute approximate surface area is 313 Å². The van der Waals surface area contributed by atoms with Crippen molar-refractivity contribution in [3.05, 3.63) is 194 Å². The van der Waals surface area contributed by atoms with E-state index >= 15 is 0 Å². The number of hydrogen-bond acceptors (Lipinski definition) is 0. The van der Waals surface area contributed by atoms with Gasteiger partial charge < -0.3 is 9.13 Å². The average Bonchev–Trinajstić information content (AvgIpc) is 3.71. The smallest absolute Gasteiger partial charge is 0.0619 e. The van der Waals surface area contributed by atoms with Crippen LogP contribution in [0.1, 0.15) is 17.9 Å². The van der Waals surface area contributed by atoms with E-state index in [2.05, 4.69) is 197 Å². The van der Waals surface area contributed by atoms with E-state index < -0.39 is 0 Å². The minimum absolute atomic E-state index is 0.390. The fraction of sp³-hybridized carbons (Fsp3) is 0.0385. The molecule has 2 aromatic heterocycles. The van der Waals surface area contributed by atoms with Crippen LogP contribution in [-0.4, -0.2) is 9.13 Å². The highest BCUT2D eigenvalue weighted by Gasteiger charge is 2.24. The van der Waals surface area contributed by atoms with Crippen molar-refractivity contribution in [2.45, 2.75) is 12.3 Å². The summed E-state index contributed by atoms with van der Waals surface area (Å²) in [6, 6.07) is 61.1. The Hall–Kier alpha value is -6.90. The van der Waals surface area contributed by atoms with Crippen LogP contribution in [0.2, 0.25) is 0 Å². The number of rotatable bonds is 3. The van der Waals surface area contributed by atoms with Gasteiger partial charge in [-0.1, -0.05) is 146 Å². The molecule has 2 heteroatoms. The van der Waals surface area contributed by atoms with Crippen LogP contribution in [-0.2, 0) is 0 Å². The third-order valence-electron chi connectivity index (χ3n) is 12.0. The Kier molecular flexibility index (Phi) is 6.20.